The minimum absolute atomic E-state index is 0.153. The van der Waals surface area contributed by atoms with Crippen LogP contribution < -0.4 is 0 Å². The van der Waals surface area contributed by atoms with Crippen LogP contribution in [0.1, 0.15) is 53.7 Å². The molecule has 0 amide bonds. The van der Waals surface area contributed by atoms with Gasteiger partial charge in [-0.3, -0.25) is 5.10 Å². The maximum atomic E-state index is 13.0. The summed E-state index contributed by atoms with van der Waals surface area (Å²) < 4.78 is 29.5. The van der Waals surface area contributed by atoms with E-state index in [1.807, 2.05) is 4.52 Å². The summed E-state index contributed by atoms with van der Waals surface area (Å²) in [5.74, 6) is 0.998. The lowest BCUT2D eigenvalue weighted by Crippen LogP contribution is -2.38. The highest BCUT2D eigenvalue weighted by Gasteiger charge is 2.34. The second-order valence-electron chi connectivity index (χ2n) is 7.74. The van der Waals surface area contributed by atoms with Gasteiger partial charge in [0.15, 0.2) is 11.5 Å². The summed E-state index contributed by atoms with van der Waals surface area (Å²) in [6.45, 7) is 4.37. The Balaban J connectivity index is 1.39. The summed E-state index contributed by atoms with van der Waals surface area (Å²) in [6, 6.07) is 2.09. The lowest BCUT2D eigenvalue weighted by molar-refractivity contribution is 0.311. The van der Waals surface area contributed by atoms with Crippen molar-refractivity contribution in [2.45, 2.75) is 56.8 Å². The molecule has 5 rings (SSSR count). The molecule has 28 heavy (non-hydrogen) atoms. The smallest absolute Gasteiger partial charge is 0.246 e. The molecule has 1 fully saturated rings. The highest BCUT2D eigenvalue weighted by atomic mass is 32.2. The molecule has 0 saturated carbocycles. The van der Waals surface area contributed by atoms with Gasteiger partial charge in [0.25, 0.3) is 0 Å². The third kappa shape index (κ3) is 2.66. The van der Waals surface area contributed by atoms with Gasteiger partial charge in [-0.15, -0.1) is 10.2 Å². The number of rotatable bonds is 3. The van der Waals surface area contributed by atoms with Gasteiger partial charge in [0, 0.05) is 19.0 Å². The van der Waals surface area contributed by atoms with Crippen molar-refractivity contribution in [1.29, 1.82) is 0 Å². The molecule has 0 bridgehead atoms. The molecule has 9 nitrogen and oxygen atoms in total. The molecule has 10 heteroatoms. The second-order valence-corrected chi connectivity index (χ2v) is 9.61. The van der Waals surface area contributed by atoms with Gasteiger partial charge in [-0.25, -0.2) is 8.42 Å². The first-order valence-electron chi connectivity index (χ1n) is 9.71. The van der Waals surface area contributed by atoms with E-state index in [2.05, 4.69) is 26.5 Å². The maximum Gasteiger partial charge on any atom is 0.246 e. The number of H-pyrrole nitrogens is 1. The number of nitrogens with one attached hydrogen (secondary N) is 1. The lowest BCUT2D eigenvalue weighted by atomic mass is 9.97. The molecular weight excluding hydrogens is 378 g/mol. The summed E-state index contributed by atoms with van der Waals surface area (Å²) >= 11 is 0. The third-order valence-corrected chi connectivity index (χ3v) is 8.08. The second kappa shape index (κ2) is 6.35. The van der Waals surface area contributed by atoms with Gasteiger partial charge in [0.2, 0.25) is 10.0 Å². The highest BCUT2D eigenvalue weighted by Crippen LogP contribution is 2.32. The molecule has 0 spiro atoms. The summed E-state index contributed by atoms with van der Waals surface area (Å²) in [4.78, 5) is 0.302. The average Bonchev–Trinajstić information content (AvgIpc) is 3.38. The molecular formula is C18H23N7O2S. The van der Waals surface area contributed by atoms with Gasteiger partial charge >= 0.3 is 0 Å². The minimum atomic E-state index is -3.54. The fourth-order valence-electron chi connectivity index (χ4n) is 4.45. The standard InChI is InChI=1S/C18H23N7O2S/c1-11-17(12(2)20-19-11)28(26,27)24-8-6-13(7-9-24)18-22-21-16-10-14-4-3-5-15(14)23-25(16)18/h10,13H,3-9H2,1-2H3,(H,19,20). The highest BCUT2D eigenvalue weighted by molar-refractivity contribution is 7.89. The first-order valence-corrected chi connectivity index (χ1v) is 11.1. The molecule has 2 aliphatic rings. The summed E-state index contributed by atoms with van der Waals surface area (Å²) in [6.07, 6.45) is 4.61. The van der Waals surface area contributed by atoms with Crippen LogP contribution in [0.4, 0.5) is 0 Å². The van der Waals surface area contributed by atoms with Gasteiger partial charge in [-0.2, -0.15) is 19.0 Å². The van der Waals surface area contributed by atoms with Crippen molar-refractivity contribution in [2.24, 2.45) is 0 Å². The van der Waals surface area contributed by atoms with Crippen LogP contribution in [0.15, 0.2) is 11.0 Å². The van der Waals surface area contributed by atoms with E-state index in [0.717, 1.165) is 36.4 Å². The zero-order chi connectivity index (χ0) is 19.5. The van der Waals surface area contributed by atoms with Crippen LogP contribution in [0.2, 0.25) is 0 Å². The van der Waals surface area contributed by atoms with E-state index >= 15 is 0 Å². The van der Waals surface area contributed by atoms with E-state index in [0.29, 0.717) is 42.2 Å². The molecule has 3 aromatic rings. The van der Waals surface area contributed by atoms with Crippen LogP contribution >= 0.6 is 0 Å². The normalized spacial score (nSPS) is 18.8. The lowest BCUT2D eigenvalue weighted by Gasteiger charge is -2.30. The van der Waals surface area contributed by atoms with E-state index in [1.165, 1.54) is 5.56 Å². The molecule has 0 aromatic carbocycles. The van der Waals surface area contributed by atoms with Crippen LogP contribution in [-0.2, 0) is 22.9 Å². The van der Waals surface area contributed by atoms with E-state index in [-0.39, 0.29) is 5.92 Å². The Hall–Kier alpha value is -2.33. The zero-order valence-corrected chi connectivity index (χ0v) is 16.8. The maximum absolute atomic E-state index is 13.0. The number of hydrogen-bond donors (Lipinski definition) is 1. The molecule has 0 unspecified atom stereocenters. The largest absolute Gasteiger partial charge is 0.281 e. The predicted molar refractivity (Wildman–Crippen MR) is 102 cm³/mol. The molecule has 0 atom stereocenters. The van der Waals surface area contributed by atoms with Crippen LogP contribution in [0.3, 0.4) is 0 Å². The summed E-state index contributed by atoms with van der Waals surface area (Å²) in [5.41, 5.74) is 4.30. The number of aromatic nitrogens is 6. The molecule has 0 radical (unpaired) electrons. The monoisotopic (exact) mass is 401 g/mol. The first kappa shape index (κ1) is 17.7. The molecule has 148 valence electrons. The van der Waals surface area contributed by atoms with Crippen molar-refractivity contribution in [2.75, 3.05) is 13.1 Å². The number of aromatic amines is 1. The van der Waals surface area contributed by atoms with Crippen LogP contribution in [0.25, 0.3) is 5.65 Å². The molecule has 4 heterocycles. The van der Waals surface area contributed by atoms with Gasteiger partial charge < -0.3 is 0 Å². The SMILES string of the molecule is Cc1n[nH]c(C)c1S(=O)(=O)N1CCC(c2nnc3cc4c(nn23)CCC4)CC1. The van der Waals surface area contributed by atoms with Crippen molar-refractivity contribution in [3.8, 4) is 0 Å². The average molecular weight is 401 g/mol. The number of nitrogens with zero attached hydrogens (tertiary/aromatic N) is 6. The zero-order valence-electron chi connectivity index (χ0n) is 16.0. The molecule has 1 N–H and O–H groups in total. The topological polar surface area (TPSA) is 109 Å². The molecule has 1 saturated heterocycles. The van der Waals surface area contributed by atoms with Gasteiger partial charge in [-0.1, -0.05) is 0 Å². The Bertz CT molecular complexity index is 1140. The van der Waals surface area contributed by atoms with Crippen LogP contribution in [0, 0.1) is 13.8 Å². The summed E-state index contributed by atoms with van der Waals surface area (Å²) in [5, 5.41) is 20.3. The molecule has 3 aromatic heterocycles. The number of fused-ring (bicyclic) bond motifs is 2. The van der Waals surface area contributed by atoms with Gasteiger partial charge in [0.1, 0.15) is 4.90 Å². The molecule has 1 aliphatic carbocycles. The number of hydrogen-bond acceptors (Lipinski definition) is 6. The van der Waals surface area contributed by atoms with E-state index < -0.39 is 10.0 Å². The minimum Gasteiger partial charge on any atom is -0.281 e. The third-order valence-electron chi connectivity index (χ3n) is 5.92. The Morgan fingerprint density at radius 3 is 2.64 bits per heavy atom. The number of aryl methyl sites for hydroxylation is 4. The number of piperidine rings is 1. The Morgan fingerprint density at radius 1 is 1.14 bits per heavy atom. The fourth-order valence-corrected chi connectivity index (χ4v) is 6.25. The van der Waals surface area contributed by atoms with E-state index in [9.17, 15) is 8.42 Å². The van der Waals surface area contributed by atoms with Crippen molar-refractivity contribution >= 4 is 15.7 Å². The quantitative estimate of drug-likeness (QED) is 0.713. The van der Waals surface area contributed by atoms with Crippen molar-refractivity contribution in [3.63, 3.8) is 0 Å². The van der Waals surface area contributed by atoms with Crippen LogP contribution in [0.5, 0.6) is 0 Å². The Labute approximate surface area is 163 Å². The van der Waals surface area contributed by atoms with Crippen molar-refractivity contribution in [3.05, 3.63) is 34.5 Å². The van der Waals surface area contributed by atoms with E-state index in [4.69, 9.17) is 5.10 Å². The summed E-state index contributed by atoms with van der Waals surface area (Å²) in [7, 11) is -3.54. The molecule has 1 aliphatic heterocycles. The predicted octanol–water partition coefficient (Wildman–Crippen LogP) is 1.52. The van der Waals surface area contributed by atoms with Crippen LogP contribution in [-0.4, -0.2) is 55.8 Å². The van der Waals surface area contributed by atoms with Crippen molar-refractivity contribution < 1.29 is 8.42 Å². The fraction of sp³-hybridized carbons (Fsp3) is 0.556. The van der Waals surface area contributed by atoms with Crippen molar-refractivity contribution in [1.82, 2.24) is 34.3 Å². The Morgan fingerprint density at radius 2 is 1.93 bits per heavy atom. The van der Waals surface area contributed by atoms with E-state index in [1.54, 1.807) is 18.2 Å². The van der Waals surface area contributed by atoms with Gasteiger partial charge in [-0.05, 0) is 57.6 Å². The Kier molecular flexibility index (Phi) is 4.02. The first-order chi connectivity index (χ1) is 13.4. The van der Waals surface area contributed by atoms with Gasteiger partial charge in [0.05, 0.1) is 17.1 Å². The number of sulfonamides is 1.